The smallest absolute Gasteiger partial charge is 0.274 e. The van der Waals surface area contributed by atoms with E-state index in [2.05, 4.69) is 27.3 Å². The number of pyridine rings is 1. The standard InChI is InChI=1S/C27H23N5O3/c1-3-26(34)29-22-7-4-6-19(15-22)25(33)14-18-10-12-21(13-11-18)30-27(35)24-9-5-8-23(31-24)20-16-28-32(2)17-20/h3-13,15-17H,1,14H2,2H3,(H,29,34)(H,30,35). The van der Waals surface area contributed by atoms with Crippen LogP contribution in [0.15, 0.2) is 91.8 Å². The summed E-state index contributed by atoms with van der Waals surface area (Å²) in [7, 11) is 1.82. The number of aromatic nitrogens is 3. The maximum atomic E-state index is 12.7. The minimum absolute atomic E-state index is 0.0899. The number of amides is 2. The summed E-state index contributed by atoms with van der Waals surface area (Å²) in [6, 6.07) is 19.1. The highest BCUT2D eigenvalue weighted by Gasteiger charge is 2.12. The summed E-state index contributed by atoms with van der Waals surface area (Å²) in [5.74, 6) is -0.767. The number of anilines is 2. The Labute approximate surface area is 202 Å². The van der Waals surface area contributed by atoms with E-state index in [-0.39, 0.29) is 29.7 Å². The Bertz CT molecular complexity index is 1410. The Morgan fingerprint density at radius 2 is 1.74 bits per heavy atom. The van der Waals surface area contributed by atoms with Crippen LogP contribution in [-0.4, -0.2) is 32.4 Å². The number of carbonyl (C=O) groups excluding carboxylic acids is 3. The number of hydrogen-bond donors (Lipinski definition) is 2. The minimum Gasteiger partial charge on any atom is -0.323 e. The Morgan fingerprint density at radius 3 is 2.46 bits per heavy atom. The normalized spacial score (nSPS) is 10.4. The van der Waals surface area contributed by atoms with Crippen LogP contribution in [0.1, 0.15) is 26.4 Å². The van der Waals surface area contributed by atoms with Crippen LogP contribution in [0.4, 0.5) is 11.4 Å². The molecule has 0 aliphatic heterocycles. The van der Waals surface area contributed by atoms with Gasteiger partial charge < -0.3 is 10.6 Å². The molecule has 0 radical (unpaired) electrons. The molecule has 4 rings (SSSR count). The summed E-state index contributed by atoms with van der Waals surface area (Å²) in [6.07, 6.45) is 4.87. The molecule has 0 aliphatic carbocycles. The fourth-order valence-corrected chi connectivity index (χ4v) is 3.43. The van der Waals surface area contributed by atoms with Gasteiger partial charge in [0, 0.05) is 42.2 Å². The number of rotatable bonds is 8. The SMILES string of the molecule is C=CC(=O)Nc1cccc(C(=O)Cc2ccc(NC(=O)c3cccc(-c4cnn(C)c4)n3)cc2)c1. The Hall–Kier alpha value is -4.85. The lowest BCUT2D eigenvalue weighted by Crippen LogP contribution is -2.14. The number of nitrogens with one attached hydrogen (secondary N) is 2. The predicted octanol–water partition coefficient (Wildman–Crippen LogP) is 4.28. The van der Waals surface area contributed by atoms with Crippen LogP contribution in [0, 0.1) is 0 Å². The monoisotopic (exact) mass is 465 g/mol. The molecule has 0 fully saturated rings. The highest BCUT2D eigenvalue weighted by atomic mass is 16.2. The Balaban J connectivity index is 1.39. The third kappa shape index (κ3) is 5.94. The number of benzene rings is 2. The predicted molar refractivity (Wildman–Crippen MR) is 134 cm³/mol. The second-order valence-corrected chi connectivity index (χ2v) is 7.84. The van der Waals surface area contributed by atoms with Gasteiger partial charge in [0.25, 0.3) is 5.91 Å². The van der Waals surface area contributed by atoms with Gasteiger partial charge in [0.2, 0.25) is 5.91 Å². The van der Waals surface area contributed by atoms with Crippen molar-refractivity contribution in [3.05, 3.63) is 109 Å². The van der Waals surface area contributed by atoms with Crippen molar-refractivity contribution in [1.82, 2.24) is 14.8 Å². The van der Waals surface area contributed by atoms with Gasteiger partial charge in [-0.15, -0.1) is 0 Å². The van der Waals surface area contributed by atoms with E-state index < -0.39 is 0 Å². The third-order valence-corrected chi connectivity index (χ3v) is 5.20. The third-order valence-electron chi connectivity index (χ3n) is 5.20. The molecule has 2 heterocycles. The molecule has 2 amide bonds. The van der Waals surface area contributed by atoms with Gasteiger partial charge in [-0.05, 0) is 48.0 Å². The van der Waals surface area contributed by atoms with Crippen molar-refractivity contribution in [2.24, 2.45) is 7.05 Å². The van der Waals surface area contributed by atoms with Crippen LogP contribution in [0.2, 0.25) is 0 Å². The second-order valence-electron chi connectivity index (χ2n) is 7.84. The molecule has 174 valence electrons. The minimum atomic E-state index is -0.341. The molecular formula is C27H23N5O3. The zero-order valence-electron chi connectivity index (χ0n) is 19.1. The topological polar surface area (TPSA) is 106 Å². The second kappa shape index (κ2) is 10.4. The van der Waals surface area contributed by atoms with Crippen LogP contribution < -0.4 is 10.6 Å². The highest BCUT2D eigenvalue weighted by molar-refractivity contribution is 6.03. The van der Waals surface area contributed by atoms with Crippen LogP contribution in [0.25, 0.3) is 11.3 Å². The number of hydrogen-bond acceptors (Lipinski definition) is 5. The van der Waals surface area contributed by atoms with Crippen molar-refractivity contribution in [2.45, 2.75) is 6.42 Å². The molecule has 35 heavy (non-hydrogen) atoms. The molecule has 0 atom stereocenters. The van der Waals surface area contributed by atoms with Gasteiger partial charge >= 0.3 is 0 Å². The molecule has 8 heteroatoms. The molecule has 2 aromatic carbocycles. The average Bonchev–Trinajstić information content (AvgIpc) is 3.31. The molecular weight excluding hydrogens is 442 g/mol. The first-order valence-electron chi connectivity index (χ1n) is 10.8. The molecule has 0 spiro atoms. The molecule has 8 nitrogen and oxygen atoms in total. The first kappa shape index (κ1) is 23.3. The van der Waals surface area contributed by atoms with E-state index in [0.717, 1.165) is 11.1 Å². The average molecular weight is 466 g/mol. The van der Waals surface area contributed by atoms with E-state index in [1.54, 1.807) is 71.5 Å². The van der Waals surface area contributed by atoms with E-state index >= 15 is 0 Å². The summed E-state index contributed by atoms with van der Waals surface area (Å²) in [6.45, 7) is 3.42. The summed E-state index contributed by atoms with van der Waals surface area (Å²) in [4.78, 5) is 41.3. The van der Waals surface area contributed by atoms with Crippen LogP contribution >= 0.6 is 0 Å². The van der Waals surface area contributed by atoms with Crippen molar-refractivity contribution in [2.75, 3.05) is 10.6 Å². The van der Waals surface area contributed by atoms with E-state index in [1.807, 2.05) is 19.3 Å². The van der Waals surface area contributed by atoms with E-state index in [0.29, 0.717) is 22.6 Å². The summed E-state index contributed by atoms with van der Waals surface area (Å²) < 4.78 is 1.67. The molecule has 0 saturated heterocycles. The molecule has 2 aromatic heterocycles. The van der Waals surface area contributed by atoms with E-state index in [9.17, 15) is 14.4 Å². The molecule has 0 bridgehead atoms. The van der Waals surface area contributed by atoms with Crippen LogP contribution in [0.5, 0.6) is 0 Å². The fraction of sp³-hybridized carbons (Fsp3) is 0.0741. The van der Waals surface area contributed by atoms with E-state index in [4.69, 9.17) is 0 Å². The number of aryl methyl sites for hydroxylation is 1. The molecule has 0 aliphatic rings. The van der Waals surface area contributed by atoms with Crippen molar-refractivity contribution in [1.29, 1.82) is 0 Å². The number of ketones is 1. The quantitative estimate of drug-likeness (QED) is 0.298. The van der Waals surface area contributed by atoms with Crippen LogP contribution in [0.3, 0.4) is 0 Å². The first-order valence-corrected chi connectivity index (χ1v) is 10.8. The van der Waals surface area contributed by atoms with Gasteiger partial charge in [0.1, 0.15) is 5.69 Å². The molecule has 0 unspecified atom stereocenters. The lowest BCUT2D eigenvalue weighted by molar-refractivity contribution is -0.111. The fourth-order valence-electron chi connectivity index (χ4n) is 3.43. The summed E-state index contributed by atoms with van der Waals surface area (Å²) >= 11 is 0. The van der Waals surface area contributed by atoms with Gasteiger partial charge in [0.05, 0.1) is 11.9 Å². The van der Waals surface area contributed by atoms with Crippen molar-refractivity contribution in [3.63, 3.8) is 0 Å². The number of Topliss-reactive ketones (excluding diaryl/α,β-unsaturated/α-hetero) is 1. The summed E-state index contributed by atoms with van der Waals surface area (Å²) in [5, 5.41) is 9.61. The zero-order chi connectivity index (χ0) is 24.8. The van der Waals surface area contributed by atoms with Gasteiger partial charge in [0.15, 0.2) is 5.78 Å². The number of nitrogens with zero attached hydrogens (tertiary/aromatic N) is 3. The maximum absolute atomic E-state index is 12.7. The Kier molecular flexibility index (Phi) is 6.92. The van der Waals surface area contributed by atoms with Crippen molar-refractivity contribution in [3.8, 4) is 11.3 Å². The first-order chi connectivity index (χ1) is 16.9. The molecule has 2 N–H and O–H groups in total. The number of carbonyl (C=O) groups is 3. The van der Waals surface area contributed by atoms with Gasteiger partial charge in [-0.3, -0.25) is 19.1 Å². The van der Waals surface area contributed by atoms with E-state index in [1.165, 1.54) is 6.08 Å². The maximum Gasteiger partial charge on any atom is 0.274 e. The largest absolute Gasteiger partial charge is 0.323 e. The summed E-state index contributed by atoms with van der Waals surface area (Å²) in [5.41, 5.74) is 4.18. The van der Waals surface area contributed by atoms with Gasteiger partial charge in [-0.2, -0.15) is 5.10 Å². The zero-order valence-corrected chi connectivity index (χ0v) is 19.1. The molecule has 0 saturated carbocycles. The lowest BCUT2D eigenvalue weighted by Gasteiger charge is -2.08. The van der Waals surface area contributed by atoms with Gasteiger partial charge in [-0.1, -0.05) is 36.9 Å². The van der Waals surface area contributed by atoms with Crippen molar-refractivity contribution < 1.29 is 14.4 Å². The highest BCUT2D eigenvalue weighted by Crippen LogP contribution is 2.18. The van der Waals surface area contributed by atoms with Crippen LogP contribution in [-0.2, 0) is 18.3 Å². The van der Waals surface area contributed by atoms with Gasteiger partial charge in [-0.25, -0.2) is 4.98 Å². The lowest BCUT2D eigenvalue weighted by atomic mass is 10.0. The molecule has 4 aromatic rings. The van der Waals surface area contributed by atoms with Crippen molar-refractivity contribution >= 4 is 29.0 Å². The Morgan fingerprint density at radius 1 is 0.971 bits per heavy atom.